The number of thioether (sulfide) groups is 1. The summed E-state index contributed by atoms with van der Waals surface area (Å²) >= 11 is 2.78. The Kier molecular flexibility index (Phi) is 6.80. The number of ether oxygens (including phenoxy) is 1. The van der Waals surface area contributed by atoms with E-state index in [0.29, 0.717) is 30.3 Å². The van der Waals surface area contributed by atoms with Gasteiger partial charge in [-0.2, -0.15) is 0 Å². The highest BCUT2D eigenvalue weighted by Crippen LogP contribution is 2.29. The van der Waals surface area contributed by atoms with Crippen molar-refractivity contribution >= 4 is 40.8 Å². The molecule has 0 unspecified atom stereocenters. The maximum atomic E-state index is 12.3. The van der Waals surface area contributed by atoms with Crippen LogP contribution in [0.1, 0.15) is 31.7 Å². The topological polar surface area (TPSA) is 94.3 Å². The Morgan fingerprint density at radius 3 is 2.88 bits per heavy atom. The molecule has 24 heavy (non-hydrogen) atoms. The predicted octanol–water partition coefficient (Wildman–Crippen LogP) is 3.05. The maximum Gasteiger partial charge on any atom is 0.311 e. The molecular weight excluding hydrogens is 350 g/mol. The highest BCUT2D eigenvalue weighted by molar-refractivity contribution is 8.02. The lowest BCUT2D eigenvalue weighted by molar-refractivity contribution is -0.142. The van der Waals surface area contributed by atoms with E-state index in [0.717, 1.165) is 4.34 Å². The Hall–Kier alpha value is -1.87. The lowest BCUT2D eigenvalue weighted by Crippen LogP contribution is -2.24. The molecule has 0 spiro atoms. The number of nitrogens with one attached hydrogen (secondary N) is 1. The molecule has 7 nitrogen and oxygen atoms in total. The van der Waals surface area contributed by atoms with Gasteiger partial charge in [0.2, 0.25) is 5.91 Å². The first-order chi connectivity index (χ1) is 11.5. The van der Waals surface area contributed by atoms with Gasteiger partial charge in [-0.3, -0.25) is 9.59 Å². The third kappa shape index (κ3) is 5.34. The molecule has 2 heterocycles. The van der Waals surface area contributed by atoms with Crippen LogP contribution in [0.2, 0.25) is 0 Å². The largest absolute Gasteiger partial charge is 0.466 e. The fourth-order valence-electron chi connectivity index (χ4n) is 1.86. The van der Waals surface area contributed by atoms with Gasteiger partial charge in [-0.25, -0.2) is 4.98 Å². The summed E-state index contributed by atoms with van der Waals surface area (Å²) in [6.45, 7) is 5.80. The number of anilines is 1. The second kappa shape index (κ2) is 8.84. The lowest BCUT2D eigenvalue weighted by Gasteiger charge is -2.11. The van der Waals surface area contributed by atoms with Gasteiger partial charge in [-0.05, 0) is 20.3 Å². The van der Waals surface area contributed by atoms with Gasteiger partial charge in [0.25, 0.3) is 0 Å². The summed E-state index contributed by atoms with van der Waals surface area (Å²) in [5, 5.41) is 7.99. The van der Waals surface area contributed by atoms with Crippen LogP contribution in [0.25, 0.3) is 0 Å². The molecule has 0 saturated carbocycles. The van der Waals surface area contributed by atoms with Crippen LogP contribution in [-0.2, 0) is 20.7 Å². The van der Waals surface area contributed by atoms with Gasteiger partial charge < -0.3 is 14.6 Å². The first-order valence-corrected chi connectivity index (χ1v) is 9.28. The molecule has 1 amide bonds. The first kappa shape index (κ1) is 18.5. The zero-order valence-electron chi connectivity index (χ0n) is 13.7. The Balaban J connectivity index is 1.93. The van der Waals surface area contributed by atoms with Crippen molar-refractivity contribution in [1.29, 1.82) is 0 Å². The van der Waals surface area contributed by atoms with Crippen molar-refractivity contribution < 1.29 is 18.8 Å². The van der Waals surface area contributed by atoms with E-state index in [1.54, 1.807) is 19.9 Å². The average Bonchev–Trinajstić information content (AvgIpc) is 3.14. The summed E-state index contributed by atoms with van der Waals surface area (Å²) in [6, 6.07) is 1.66. The van der Waals surface area contributed by atoms with Crippen LogP contribution in [0, 0.1) is 6.92 Å². The minimum atomic E-state index is -0.302. The van der Waals surface area contributed by atoms with Crippen molar-refractivity contribution in [2.75, 3.05) is 11.9 Å². The molecule has 1 N–H and O–H groups in total. The Labute approximate surface area is 148 Å². The van der Waals surface area contributed by atoms with Crippen molar-refractivity contribution in [1.82, 2.24) is 10.1 Å². The van der Waals surface area contributed by atoms with Crippen molar-refractivity contribution in [3.8, 4) is 0 Å². The van der Waals surface area contributed by atoms with E-state index in [1.165, 1.54) is 23.1 Å². The van der Waals surface area contributed by atoms with E-state index < -0.39 is 0 Å². The minimum absolute atomic E-state index is 0.145. The van der Waals surface area contributed by atoms with Gasteiger partial charge in [-0.1, -0.05) is 23.8 Å². The standard InChI is InChI=1S/C15H19N3O4S2/c1-4-11(14(20)17-12-6-9(3)22-18-12)24-15-16-10(8-23-15)7-13(19)21-5-2/h6,8,11H,4-5,7H2,1-3H3,(H,17,18,20)/t11-/m1/s1. The summed E-state index contributed by atoms with van der Waals surface area (Å²) in [5.74, 6) is 0.580. The van der Waals surface area contributed by atoms with Crippen LogP contribution in [0.5, 0.6) is 0 Å². The van der Waals surface area contributed by atoms with Gasteiger partial charge in [0.1, 0.15) is 5.76 Å². The molecule has 2 rings (SSSR count). The fraction of sp³-hybridized carbons (Fsp3) is 0.467. The number of hydrogen-bond donors (Lipinski definition) is 1. The zero-order valence-corrected chi connectivity index (χ0v) is 15.3. The normalized spacial score (nSPS) is 12.0. The molecule has 130 valence electrons. The van der Waals surface area contributed by atoms with Gasteiger partial charge in [0.15, 0.2) is 10.2 Å². The van der Waals surface area contributed by atoms with Gasteiger partial charge >= 0.3 is 5.97 Å². The predicted molar refractivity (Wildman–Crippen MR) is 92.3 cm³/mol. The first-order valence-electron chi connectivity index (χ1n) is 7.52. The number of carbonyl (C=O) groups excluding carboxylic acids is 2. The molecule has 0 fully saturated rings. The molecule has 0 radical (unpaired) electrons. The van der Waals surface area contributed by atoms with Crippen molar-refractivity contribution in [3.63, 3.8) is 0 Å². The van der Waals surface area contributed by atoms with E-state index >= 15 is 0 Å². The summed E-state index contributed by atoms with van der Waals surface area (Å²) in [6.07, 6.45) is 0.784. The van der Waals surface area contributed by atoms with Crippen LogP contribution in [0.15, 0.2) is 20.3 Å². The average molecular weight is 369 g/mol. The van der Waals surface area contributed by atoms with Crippen LogP contribution in [0.4, 0.5) is 5.82 Å². The number of esters is 1. The molecule has 2 aromatic heterocycles. The Morgan fingerprint density at radius 1 is 1.46 bits per heavy atom. The number of hydrogen-bond acceptors (Lipinski definition) is 8. The molecule has 2 aromatic rings. The molecule has 0 aliphatic carbocycles. The highest BCUT2D eigenvalue weighted by atomic mass is 32.2. The van der Waals surface area contributed by atoms with E-state index in [4.69, 9.17) is 9.26 Å². The monoisotopic (exact) mass is 369 g/mol. The molecule has 0 bridgehead atoms. The number of rotatable bonds is 8. The Morgan fingerprint density at radius 2 is 2.25 bits per heavy atom. The van der Waals surface area contributed by atoms with E-state index in [2.05, 4.69) is 15.5 Å². The Bertz CT molecular complexity index is 698. The van der Waals surface area contributed by atoms with Gasteiger partial charge in [-0.15, -0.1) is 11.3 Å². The number of amides is 1. The SMILES string of the molecule is CCOC(=O)Cc1csc(S[C@H](CC)C(=O)Nc2cc(C)on2)n1. The van der Waals surface area contributed by atoms with Gasteiger partial charge in [0.05, 0.1) is 24.0 Å². The van der Waals surface area contributed by atoms with E-state index in [-0.39, 0.29) is 23.5 Å². The fourth-order valence-corrected chi connectivity index (χ4v) is 3.86. The number of nitrogens with zero attached hydrogens (tertiary/aromatic N) is 2. The lowest BCUT2D eigenvalue weighted by atomic mass is 10.3. The summed E-state index contributed by atoms with van der Waals surface area (Å²) < 4.78 is 10.6. The van der Waals surface area contributed by atoms with Gasteiger partial charge in [0, 0.05) is 11.4 Å². The van der Waals surface area contributed by atoms with Crippen LogP contribution < -0.4 is 5.32 Å². The summed E-state index contributed by atoms with van der Waals surface area (Å²) in [4.78, 5) is 28.2. The van der Waals surface area contributed by atoms with E-state index in [1.807, 2.05) is 12.3 Å². The second-order valence-electron chi connectivity index (χ2n) is 4.91. The van der Waals surface area contributed by atoms with E-state index in [9.17, 15) is 9.59 Å². The molecule has 0 aliphatic heterocycles. The third-order valence-electron chi connectivity index (χ3n) is 2.95. The van der Waals surface area contributed by atoms with Crippen LogP contribution in [0.3, 0.4) is 0 Å². The number of aromatic nitrogens is 2. The zero-order chi connectivity index (χ0) is 17.5. The molecule has 9 heteroatoms. The summed E-state index contributed by atoms with van der Waals surface area (Å²) in [5.41, 5.74) is 0.656. The maximum absolute atomic E-state index is 12.3. The third-order valence-corrected chi connectivity index (χ3v) is 5.33. The highest BCUT2D eigenvalue weighted by Gasteiger charge is 2.21. The second-order valence-corrected chi connectivity index (χ2v) is 7.22. The van der Waals surface area contributed by atoms with Crippen LogP contribution >= 0.6 is 23.1 Å². The molecule has 0 aliphatic rings. The summed E-state index contributed by atoms with van der Waals surface area (Å²) in [7, 11) is 0. The minimum Gasteiger partial charge on any atom is -0.466 e. The van der Waals surface area contributed by atoms with Crippen molar-refractivity contribution in [3.05, 3.63) is 22.9 Å². The number of thiazole rings is 1. The molecule has 0 aromatic carbocycles. The van der Waals surface area contributed by atoms with Crippen molar-refractivity contribution in [2.24, 2.45) is 0 Å². The quantitative estimate of drug-likeness (QED) is 0.564. The number of carbonyl (C=O) groups is 2. The smallest absolute Gasteiger partial charge is 0.311 e. The van der Waals surface area contributed by atoms with Crippen LogP contribution in [-0.4, -0.2) is 33.9 Å². The van der Waals surface area contributed by atoms with Crippen molar-refractivity contribution in [2.45, 2.75) is 43.2 Å². The molecular formula is C15H19N3O4S2. The number of aryl methyl sites for hydroxylation is 1. The molecule has 0 saturated heterocycles. The molecule has 1 atom stereocenters.